The molecule has 2 amide bonds. The first-order valence-electron chi connectivity index (χ1n) is 10.1. The van der Waals surface area contributed by atoms with Crippen LogP contribution in [-0.2, 0) is 11.3 Å². The van der Waals surface area contributed by atoms with Crippen molar-refractivity contribution in [2.45, 2.75) is 6.54 Å². The minimum absolute atomic E-state index is 0.0955. The van der Waals surface area contributed by atoms with Crippen LogP contribution in [0.4, 0.5) is 11.4 Å². The Labute approximate surface area is 181 Å². The van der Waals surface area contributed by atoms with Gasteiger partial charge in [-0.3, -0.25) is 9.59 Å². The van der Waals surface area contributed by atoms with Gasteiger partial charge in [-0.2, -0.15) is 0 Å². The summed E-state index contributed by atoms with van der Waals surface area (Å²) in [7, 11) is 0. The Kier molecular flexibility index (Phi) is 6.24. The molecule has 3 N–H and O–H groups in total. The number of anilines is 2. The fourth-order valence-electron chi connectivity index (χ4n) is 3.36. The summed E-state index contributed by atoms with van der Waals surface area (Å²) in [5.41, 5.74) is 3.06. The number of hydrogen-bond acceptors (Lipinski definition) is 3. The molecule has 0 fully saturated rings. The predicted molar refractivity (Wildman–Crippen MR) is 125 cm³/mol. The van der Waals surface area contributed by atoms with E-state index in [0.717, 1.165) is 22.0 Å². The van der Waals surface area contributed by atoms with Gasteiger partial charge >= 0.3 is 0 Å². The van der Waals surface area contributed by atoms with Gasteiger partial charge in [-0.15, -0.1) is 0 Å². The molecule has 0 bridgehead atoms. The van der Waals surface area contributed by atoms with Crippen molar-refractivity contribution in [1.29, 1.82) is 0 Å². The van der Waals surface area contributed by atoms with E-state index in [2.05, 4.69) is 16.0 Å². The van der Waals surface area contributed by atoms with Gasteiger partial charge in [-0.25, -0.2) is 0 Å². The van der Waals surface area contributed by atoms with Crippen LogP contribution in [0.2, 0.25) is 0 Å². The smallest absolute Gasteiger partial charge is 0.251 e. The summed E-state index contributed by atoms with van der Waals surface area (Å²) >= 11 is 0. The molecule has 0 aliphatic rings. The summed E-state index contributed by atoms with van der Waals surface area (Å²) < 4.78 is 0. The molecule has 0 atom stereocenters. The maximum Gasteiger partial charge on any atom is 0.251 e. The number of amides is 2. The van der Waals surface area contributed by atoms with Crippen LogP contribution in [0.1, 0.15) is 15.9 Å². The van der Waals surface area contributed by atoms with E-state index >= 15 is 0 Å². The van der Waals surface area contributed by atoms with Crippen molar-refractivity contribution in [2.24, 2.45) is 0 Å². The topological polar surface area (TPSA) is 70.2 Å². The summed E-state index contributed by atoms with van der Waals surface area (Å²) in [4.78, 5) is 24.9. The first-order chi connectivity index (χ1) is 15.2. The highest BCUT2D eigenvalue weighted by atomic mass is 16.2. The van der Waals surface area contributed by atoms with Crippen molar-refractivity contribution >= 4 is 34.0 Å². The van der Waals surface area contributed by atoms with Crippen LogP contribution < -0.4 is 16.0 Å². The number of benzene rings is 4. The van der Waals surface area contributed by atoms with Gasteiger partial charge in [-0.05, 0) is 35.2 Å². The third-order valence-electron chi connectivity index (χ3n) is 4.94. The minimum atomic E-state index is -0.160. The summed E-state index contributed by atoms with van der Waals surface area (Å²) in [6.45, 7) is 0.559. The highest BCUT2D eigenvalue weighted by Gasteiger charge is 2.08. The molecule has 0 heterocycles. The third kappa shape index (κ3) is 5.28. The Morgan fingerprint density at radius 2 is 1.48 bits per heavy atom. The lowest BCUT2D eigenvalue weighted by molar-refractivity contribution is -0.114. The first-order valence-corrected chi connectivity index (χ1v) is 10.1. The lowest BCUT2D eigenvalue weighted by Crippen LogP contribution is -2.24. The zero-order chi connectivity index (χ0) is 21.5. The van der Waals surface area contributed by atoms with Crippen LogP contribution in [0.5, 0.6) is 0 Å². The minimum Gasteiger partial charge on any atom is -0.376 e. The quantitative estimate of drug-likeness (QED) is 0.410. The number of rotatable bonds is 7. The second kappa shape index (κ2) is 9.59. The summed E-state index contributed by atoms with van der Waals surface area (Å²) in [6.07, 6.45) is 0. The normalized spacial score (nSPS) is 10.5. The number of carbonyl (C=O) groups is 2. The van der Waals surface area contributed by atoms with Crippen molar-refractivity contribution in [3.63, 3.8) is 0 Å². The molecule has 5 heteroatoms. The van der Waals surface area contributed by atoms with Crippen LogP contribution >= 0.6 is 0 Å². The van der Waals surface area contributed by atoms with E-state index in [1.165, 1.54) is 0 Å². The van der Waals surface area contributed by atoms with Crippen LogP contribution in [-0.4, -0.2) is 18.4 Å². The second-order valence-corrected chi connectivity index (χ2v) is 7.18. The van der Waals surface area contributed by atoms with Gasteiger partial charge < -0.3 is 16.0 Å². The molecule has 0 saturated carbocycles. The van der Waals surface area contributed by atoms with E-state index in [9.17, 15) is 9.59 Å². The summed E-state index contributed by atoms with van der Waals surface area (Å²) in [5.74, 6) is -0.317. The van der Waals surface area contributed by atoms with E-state index in [4.69, 9.17) is 0 Å². The molecule has 0 aromatic heterocycles. The summed E-state index contributed by atoms with van der Waals surface area (Å²) in [6, 6.07) is 30.6. The zero-order valence-electron chi connectivity index (χ0n) is 17.0. The first kappa shape index (κ1) is 20.2. The molecule has 0 saturated heterocycles. The SMILES string of the molecule is O=C(CNc1cccc(C(=O)NCc2ccccc2)c1)Nc1cccc2ccccc12. The van der Waals surface area contributed by atoms with Crippen molar-refractivity contribution < 1.29 is 9.59 Å². The van der Waals surface area contributed by atoms with Crippen LogP contribution in [0.25, 0.3) is 10.8 Å². The number of carbonyl (C=O) groups excluding carboxylic acids is 2. The van der Waals surface area contributed by atoms with Crippen molar-refractivity contribution in [1.82, 2.24) is 5.32 Å². The predicted octanol–water partition coefficient (Wildman–Crippen LogP) is 4.82. The van der Waals surface area contributed by atoms with E-state index < -0.39 is 0 Å². The second-order valence-electron chi connectivity index (χ2n) is 7.18. The van der Waals surface area contributed by atoms with Crippen LogP contribution in [0, 0.1) is 0 Å². The third-order valence-corrected chi connectivity index (χ3v) is 4.94. The van der Waals surface area contributed by atoms with Gasteiger partial charge in [0.15, 0.2) is 0 Å². The largest absolute Gasteiger partial charge is 0.376 e. The number of nitrogens with one attached hydrogen (secondary N) is 3. The lowest BCUT2D eigenvalue weighted by Gasteiger charge is -2.11. The Morgan fingerprint density at radius 1 is 0.742 bits per heavy atom. The maximum absolute atomic E-state index is 12.5. The Hall–Kier alpha value is -4.12. The molecule has 0 aliphatic carbocycles. The van der Waals surface area contributed by atoms with Crippen molar-refractivity contribution in [3.8, 4) is 0 Å². The van der Waals surface area contributed by atoms with E-state index in [-0.39, 0.29) is 18.4 Å². The van der Waals surface area contributed by atoms with Crippen molar-refractivity contribution in [2.75, 3.05) is 17.2 Å². The number of hydrogen-bond donors (Lipinski definition) is 3. The molecule has 4 rings (SSSR count). The fraction of sp³-hybridized carbons (Fsp3) is 0.0769. The molecule has 0 spiro atoms. The van der Waals surface area contributed by atoms with E-state index in [1.54, 1.807) is 18.2 Å². The standard InChI is InChI=1S/C26H23N3O2/c30-25(29-24-15-7-11-20-10-4-5-14-23(20)24)18-27-22-13-6-12-21(16-22)26(31)28-17-19-8-2-1-3-9-19/h1-16,27H,17-18H2,(H,28,31)(H,29,30). The molecule has 4 aromatic carbocycles. The Bertz CT molecular complexity index is 1200. The lowest BCUT2D eigenvalue weighted by atomic mass is 10.1. The van der Waals surface area contributed by atoms with Gasteiger partial charge in [-0.1, -0.05) is 72.8 Å². The average molecular weight is 409 g/mol. The maximum atomic E-state index is 12.5. The van der Waals surface area contributed by atoms with Gasteiger partial charge in [0, 0.05) is 28.9 Å². The molecule has 5 nitrogen and oxygen atoms in total. The molecular weight excluding hydrogens is 386 g/mol. The fourth-order valence-corrected chi connectivity index (χ4v) is 3.36. The molecule has 31 heavy (non-hydrogen) atoms. The molecular formula is C26H23N3O2. The van der Waals surface area contributed by atoms with Gasteiger partial charge in [0.25, 0.3) is 5.91 Å². The highest BCUT2D eigenvalue weighted by Crippen LogP contribution is 2.22. The zero-order valence-corrected chi connectivity index (χ0v) is 17.0. The molecule has 0 aliphatic heterocycles. The van der Waals surface area contributed by atoms with Gasteiger partial charge in [0.1, 0.15) is 0 Å². The highest BCUT2D eigenvalue weighted by molar-refractivity contribution is 6.03. The Balaban J connectivity index is 1.34. The van der Waals surface area contributed by atoms with Crippen molar-refractivity contribution in [3.05, 3.63) is 108 Å². The van der Waals surface area contributed by atoms with Gasteiger partial charge in [0.2, 0.25) is 5.91 Å². The molecule has 0 unspecified atom stereocenters. The molecule has 154 valence electrons. The molecule has 4 aromatic rings. The number of fused-ring (bicyclic) bond motifs is 1. The Morgan fingerprint density at radius 3 is 2.35 bits per heavy atom. The van der Waals surface area contributed by atoms with E-state index in [1.807, 2.05) is 78.9 Å². The van der Waals surface area contributed by atoms with Gasteiger partial charge in [0.05, 0.1) is 6.54 Å². The summed E-state index contributed by atoms with van der Waals surface area (Å²) in [5, 5.41) is 11.0. The van der Waals surface area contributed by atoms with E-state index in [0.29, 0.717) is 17.8 Å². The monoisotopic (exact) mass is 409 g/mol. The average Bonchev–Trinajstić information content (AvgIpc) is 2.82. The molecule has 0 radical (unpaired) electrons. The van der Waals surface area contributed by atoms with Crippen LogP contribution in [0.3, 0.4) is 0 Å². The van der Waals surface area contributed by atoms with Crippen LogP contribution in [0.15, 0.2) is 97.1 Å².